The summed E-state index contributed by atoms with van der Waals surface area (Å²) in [6, 6.07) is 4.23. The van der Waals surface area contributed by atoms with E-state index in [1.807, 2.05) is 0 Å². The molecule has 0 aromatic heterocycles. The first-order valence-electron chi connectivity index (χ1n) is 7.47. The Morgan fingerprint density at radius 2 is 1.81 bits per heavy atom. The van der Waals surface area contributed by atoms with E-state index < -0.39 is 5.78 Å². The summed E-state index contributed by atoms with van der Waals surface area (Å²) < 4.78 is 4.96. The van der Waals surface area contributed by atoms with Crippen molar-refractivity contribution in [1.82, 2.24) is 0 Å². The minimum absolute atomic E-state index is 0.0451. The normalized spacial score (nSPS) is 10.7. The van der Waals surface area contributed by atoms with Gasteiger partial charge in [-0.1, -0.05) is 39.5 Å². The highest BCUT2D eigenvalue weighted by atomic mass is 16.5. The first-order chi connectivity index (χ1) is 10.0. The van der Waals surface area contributed by atoms with E-state index in [-0.39, 0.29) is 28.8 Å². The number of rotatable bonds is 9. The molecule has 0 amide bonds. The summed E-state index contributed by atoms with van der Waals surface area (Å²) in [5.41, 5.74) is 0.265. The van der Waals surface area contributed by atoms with Crippen LogP contribution in [0.1, 0.15) is 56.3 Å². The standard InChI is InChI=1S/C17H24O4/c1-4-6-12(7-5-2)10-15(19)17(20)13-8-9-14(18)16(11-13)21-3/h8-9,11-12,18H,4-7,10H2,1-3H3. The quantitative estimate of drug-likeness (QED) is 0.556. The second-order valence-corrected chi connectivity index (χ2v) is 5.29. The first kappa shape index (κ1) is 17.2. The predicted molar refractivity (Wildman–Crippen MR) is 81.9 cm³/mol. The largest absolute Gasteiger partial charge is 0.504 e. The topological polar surface area (TPSA) is 63.6 Å². The molecule has 0 radical (unpaired) electrons. The van der Waals surface area contributed by atoms with Gasteiger partial charge in [0.05, 0.1) is 7.11 Å². The number of phenolic OH excluding ortho intramolecular Hbond substituents is 1. The predicted octanol–water partition coefficient (Wildman–Crippen LogP) is 3.76. The van der Waals surface area contributed by atoms with E-state index in [9.17, 15) is 14.7 Å². The molecule has 1 N–H and O–H groups in total. The molecule has 0 spiro atoms. The van der Waals surface area contributed by atoms with Crippen LogP contribution in [0.2, 0.25) is 0 Å². The summed E-state index contributed by atoms with van der Waals surface area (Å²) in [7, 11) is 1.41. The Labute approximate surface area is 126 Å². The Bertz CT molecular complexity index is 488. The van der Waals surface area contributed by atoms with Gasteiger partial charge in [0.15, 0.2) is 11.5 Å². The Balaban J connectivity index is 2.79. The van der Waals surface area contributed by atoms with Gasteiger partial charge in [-0.2, -0.15) is 0 Å². The number of ether oxygens (including phenoxy) is 1. The lowest BCUT2D eigenvalue weighted by molar-refractivity contribution is -0.116. The number of phenols is 1. The van der Waals surface area contributed by atoms with Crippen molar-refractivity contribution in [2.24, 2.45) is 5.92 Å². The SMILES string of the molecule is CCCC(CCC)CC(=O)C(=O)c1ccc(O)c(OC)c1. The molecule has 1 rings (SSSR count). The van der Waals surface area contributed by atoms with Crippen LogP contribution < -0.4 is 4.74 Å². The maximum absolute atomic E-state index is 12.2. The molecule has 0 atom stereocenters. The van der Waals surface area contributed by atoms with Crippen LogP contribution in [0.4, 0.5) is 0 Å². The molecular formula is C17H24O4. The Hall–Kier alpha value is -1.84. The van der Waals surface area contributed by atoms with Gasteiger partial charge in [-0.15, -0.1) is 0 Å². The number of aromatic hydroxyl groups is 1. The number of hydrogen-bond acceptors (Lipinski definition) is 4. The lowest BCUT2D eigenvalue weighted by atomic mass is 9.90. The van der Waals surface area contributed by atoms with Crippen molar-refractivity contribution in [3.63, 3.8) is 0 Å². The minimum Gasteiger partial charge on any atom is -0.504 e. The summed E-state index contributed by atoms with van der Waals surface area (Å²) in [6.07, 6.45) is 4.25. The summed E-state index contributed by atoms with van der Waals surface area (Å²) in [4.78, 5) is 24.3. The summed E-state index contributed by atoms with van der Waals surface area (Å²) in [6.45, 7) is 4.17. The second kappa shape index (κ2) is 8.45. The fourth-order valence-electron chi connectivity index (χ4n) is 2.50. The van der Waals surface area contributed by atoms with Crippen molar-refractivity contribution in [3.05, 3.63) is 23.8 Å². The lowest BCUT2D eigenvalue weighted by Crippen LogP contribution is -2.18. The molecule has 0 aliphatic heterocycles. The third-order valence-electron chi connectivity index (χ3n) is 3.56. The van der Waals surface area contributed by atoms with Crippen LogP contribution in [0, 0.1) is 5.92 Å². The molecule has 0 fully saturated rings. The van der Waals surface area contributed by atoms with Crippen LogP contribution >= 0.6 is 0 Å². The van der Waals surface area contributed by atoms with Crippen LogP contribution in [-0.4, -0.2) is 23.8 Å². The average Bonchev–Trinajstić information content (AvgIpc) is 2.47. The van der Waals surface area contributed by atoms with Crippen molar-refractivity contribution in [3.8, 4) is 11.5 Å². The number of carbonyl (C=O) groups excluding carboxylic acids is 2. The first-order valence-corrected chi connectivity index (χ1v) is 7.47. The van der Waals surface area contributed by atoms with Crippen molar-refractivity contribution in [2.75, 3.05) is 7.11 Å². The third-order valence-corrected chi connectivity index (χ3v) is 3.56. The highest BCUT2D eigenvalue weighted by Crippen LogP contribution is 2.27. The zero-order chi connectivity index (χ0) is 15.8. The van der Waals surface area contributed by atoms with E-state index in [1.54, 1.807) is 0 Å². The van der Waals surface area contributed by atoms with Crippen LogP contribution in [0.15, 0.2) is 18.2 Å². The van der Waals surface area contributed by atoms with Gasteiger partial charge in [0.25, 0.3) is 0 Å². The van der Waals surface area contributed by atoms with Gasteiger partial charge in [0.1, 0.15) is 0 Å². The van der Waals surface area contributed by atoms with Crippen molar-refractivity contribution in [2.45, 2.75) is 46.0 Å². The van der Waals surface area contributed by atoms with Gasteiger partial charge in [0.2, 0.25) is 11.6 Å². The van der Waals surface area contributed by atoms with Gasteiger partial charge < -0.3 is 9.84 Å². The molecule has 116 valence electrons. The van der Waals surface area contributed by atoms with Gasteiger partial charge in [-0.3, -0.25) is 9.59 Å². The maximum Gasteiger partial charge on any atom is 0.228 e. The molecular weight excluding hydrogens is 268 g/mol. The summed E-state index contributed by atoms with van der Waals surface area (Å²) in [5.74, 6) is -0.445. The Kier molecular flexibility index (Phi) is 6.92. The molecule has 4 heteroatoms. The van der Waals surface area contributed by atoms with Crippen LogP contribution in [0.5, 0.6) is 11.5 Å². The fourth-order valence-corrected chi connectivity index (χ4v) is 2.50. The zero-order valence-electron chi connectivity index (χ0n) is 13.0. The number of carbonyl (C=O) groups is 2. The second-order valence-electron chi connectivity index (χ2n) is 5.29. The van der Waals surface area contributed by atoms with Gasteiger partial charge in [0, 0.05) is 12.0 Å². The van der Waals surface area contributed by atoms with Gasteiger partial charge in [-0.05, 0) is 24.1 Å². The molecule has 0 aliphatic rings. The van der Waals surface area contributed by atoms with E-state index in [0.29, 0.717) is 6.42 Å². The molecule has 0 heterocycles. The van der Waals surface area contributed by atoms with E-state index in [1.165, 1.54) is 25.3 Å². The molecule has 21 heavy (non-hydrogen) atoms. The van der Waals surface area contributed by atoms with Crippen LogP contribution in [0.25, 0.3) is 0 Å². The maximum atomic E-state index is 12.2. The monoisotopic (exact) mass is 292 g/mol. The molecule has 0 unspecified atom stereocenters. The Morgan fingerprint density at radius 3 is 2.33 bits per heavy atom. The number of benzene rings is 1. The van der Waals surface area contributed by atoms with Crippen LogP contribution in [-0.2, 0) is 4.79 Å². The summed E-state index contributed by atoms with van der Waals surface area (Å²) >= 11 is 0. The van der Waals surface area contributed by atoms with E-state index in [0.717, 1.165) is 25.7 Å². The molecule has 1 aromatic rings. The molecule has 4 nitrogen and oxygen atoms in total. The lowest BCUT2D eigenvalue weighted by Gasteiger charge is -2.13. The van der Waals surface area contributed by atoms with E-state index >= 15 is 0 Å². The van der Waals surface area contributed by atoms with Crippen molar-refractivity contribution < 1.29 is 19.4 Å². The number of methoxy groups -OCH3 is 1. The number of hydrogen-bond donors (Lipinski definition) is 1. The van der Waals surface area contributed by atoms with Crippen molar-refractivity contribution in [1.29, 1.82) is 0 Å². The number of ketones is 2. The molecule has 0 aliphatic carbocycles. The van der Waals surface area contributed by atoms with Gasteiger partial charge >= 0.3 is 0 Å². The highest BCUT2D eigenvalue weighted by molar-refractivity contribution is 6.43. The molecule has 0 bridgehead atoms. The van der Waals surface area contributed by atoms with Crippen molar-refractivity contribution >= 4 is 11.6 Å². The van der Waals surface area contributed by atoms with Crippen LogP contribution in [0.3, 0.4) is 0 Å². The zero-order valence-corrected chi connectivity index (χ0v) is 13.0. The van der Waals surface area contributed by atoms with E-state index in [2.05, 4.69) is 13.8 Å². The molecule has 0 saturated heterocycles. The fraction of sp³-hybridized carbons (Fsp3) is 0.529. The summed E-state index contributed by atoms with van der Waals surface area (Å²) in [5, 5.41) is 9.52. The van der Waals surface area contributed by atoms with Gasteiger partial charge in [-0.25, -0.2) is 0 Å². The minimum atomic E-state index is -0.509. The average molecular weight is 292 g/mol. The molecule has 0 saturated carbocycles. The van der Waals surface area contributed by atoms with E-state index in [4.69, 9.17) is 4.74 Å². The molecule has 1 aromatic carbocycles. The highest BCUT2D eigenvalue weighted by Gasteiger charge is 2.21. The third kappa shape index (κ3) is 4.88. The number of Topliss-reactive ketones (excluding diaryl/α,β-unsaturated/α-hetero) is 2. The smallest absolute Gasteiger partial charge is 0.228 e. The Morgan fingerprint density at radius 1 is 1.19 bits per heavy atom.